The van der Waals surface area contributed by atoms with Crippen LogP contribution < -0.4 is 0 Å². The first-order valence-corrected chi connectivity index (χ1v) is 10.9. The van der Waals surface area contributed by atoms with E-state index in [0.717, 1.165) is 11.1 Å². The summed E-state index contributed by atoms with van der Waals surface area (Å²) in [5, 5.41) is 21.4. The molecule has 0 saturated carbocycles. The lowest BCUT2D eigenvalue weighted by Gasteiger charge is -2.32. The Bertz CT molecular complexity index is 781. The van der Waals surface area contributed by atoms with Crippen molar-refractivity contribution in [3.05, 3.63) is 71.8 Å². The van der Waals surface area contributed by atoms with E-state index in [4.69, 9.17) is 14.2 Å². The Morgan fingerprint density at radius 1 is 0.812 bits per heavy atom. The molecule has 7 heteroatoms. The predicted octanol–water partition coefficient (Wildman–Crippen LogP) is 3.13. The first-order valence-electron chi connectivity index (χ1n) is 10.9. The Labute approximate surface area is 189 Å². The Morgan fingerprint density at radius 3 is 1.59 bits per heavy atom. The molecule has 1 heterocycles. The number of hydrogen-bond acceptors (Lipinski definition) is 6. The van der Waals surface area contributed by atoms with Gasteiger partial charge >= 0.3 is 6.09 Å². The molecule has 1 aliphatic rings. The number of aliphatic hydroxyl groups is 2. The molecule has 1 fully saturated rings. The summed E-state index contributed by atoms with van der Waals surface area (Å²) in [6.45, 7) is 6.10. The molecule has 32 heavy (non-hydrogen) atoms. The second-order valence-electron chi connectivity index (χ2n) is 9.00. The molecule has 2 N–H and O–H groups in total. The normalized spacial score (nSPS) is 23.3. The number of ether oxygens (including phenoxy) is 3. The van der Waals surface area contributed by atoms with Gasteiger partial charge in [0.15, 0.2) is 0 Å². The molecule has 0 radical (unpaired) electrons. The molecule has 0 bridgehead atoms. The van der Waals surface area contributed by atoms with Crippen LogP contribution >= 0.6 is 0 Å². The van der Waals surface area contributed by atoms with Crippen molar-refractivity contribution in [3.63, 3.8) is 0 Å². The maximum Gasteiger partial charge on any atom is 0.411 e. The zero-order valence-corrected chi connectivity index (χ0v) is 18.9. The minimum Gasteiger partial charge on any atom is -0.444 e. The second-order valence-corrected chi connectivity index (χ2v) is 9.00. The van der Waals surface area contributed by atoms with Gasteiger partial charge in [0.1, 0.15) is 17.8 Å². The van der Waals surface area contributed by atoms with Crippen molar-refractivity contribution < 1.29 is 29.2 Å². The standard InChI is InChI=1S/C25H33NO6/c1-25(2,3)32-24(29)26-20(16-30-14-18-10-6-4-7-11-18)22(27)23(28)21(26)17-31-15-19-12-8-5-9-13-19/h4-13,20-23,27-28H,14-17H2,1-3H3/t20-,21-,22-,23-/m1/s1. The summed E-state index contributed by atoms with van der Waals surface area (Å²) in [6.07, 6.45) is -2.97. The van der Waals surface area contributed by atoms with Crippen LogP contribution in [-0.4, -0.2) is 64.3 Å². The molecular weight excluding hydrogens is 410 g/mol. The largest absolute Gasteiger partial charge is 0.444 e. The summed E-state index contributed by atoms with van der Waals surface area (Å²) in [7, 11) is 0. The van der Waals surface area contributed by atoms with Gasteiger partial charge in [0.2, 0.25) is 0 Å². The average Bonchev–Trinajstić information content (AvgIpc) is 2.99. The number of aliphatic hydroxyl groups excluding tert-OH is 2. The lowest BCUT2D eigenvalue weighted by atomic mass is 10.1. The summed E-state index contributed by atoms with van der Waals surface area (Å²) < 4.78 is 17.1. The fourth-order valence-electron chi connectivity index (χ4n) is 3.72. The van der Waals surface area contributed by atoms with E-state index >= 15 is 0 Å². The number of rotatable bonds is 8. The molecule has 0 aliphatic carbocycles. The van der Waals surface area contributed by atoms with E-state index in [-0.39, 0.29) is 13.2 Å². The highest BCUT2D eigenvalue weighted by Gasteiger charge is 2.51. The molecule has 2 aromatic carbocycles. The number of amides is 1. The van der Waals surface area contributed by atoms with Gasteiger partial charge in [0.25, 0.3) is 0 Å². The van der Waals surface area contributed by atoms with E-state index in [2.05, 4.69) is 0 Å². The Balaban J connectivity index is 1.69. The van der Waals surface area contributed by atoms with Crippen molar-refractivity contribution in [2.45, 2.75) is 63.9 Å². The molecular formula is C25H33NO6. The number of carbonyl (C=O) groups excluding carboxylic acids is 1. The van der Waals surface area contributed by atoms with Crippen LogP contribution in [0.3, 0.4) is 0 Å². The predicted molar refractivity (Wildman–Crippen MR) is 120 cm³/mol. The minimum absolute atomic E-state index is 0.0571. The van der Waals surface area contributed by atoms with Crippen molar-refractivity contribution in [1.29, 1.82) is 0 Å². The van der Waals surface area contributed by atoms with E-state index < -0.39 is 36.0 Å². The molecule has 1 saturated heterocycles. The van der Waals surface area contributed by atoms with Gasteiger partial charge in [-0.05, 0) is 31.9 Å². The van der Waals surface area contributed by atoms with Gasteiger partial charge in [0, 0.05) is 0 Å². The highest BCUT2D eigenvalue weighted by Crippen LogP contribution is 2.29. The molecule has 3 rings (SSSR count). The monoisotopic (exact) mass is 443 g/mol. The maximum absolute atomic E-state index is 13.0. The van der Waals surface area contributed by atoms with E-state index in [1.807, 2.05) is 60.7 Å². The molecule has 0 spiro atoms. The van der Waals surface area contributed by atoms with Crippen molar-refractivity contribution in [3.8, 4) is 0 Å². The number of hydrogen-bond donors (Lipinski definition) is 2. The molecule has 7 nitrogen and oxygen atoms in total. The van der Waals surface area contributed by atoms with Gasteiger partial charge in [-0.1, -0.05) is 60.7 Å². The molecule has 0 unspecified atom stereocenters. The van der Waals surface area contributed by atoms with Crippen LogP contribution in [0, 0.1) is 0 Å². The van der Waals surface area contributed by atoms with Gasteiger partial charge in [0.05, 0.1) is 38.5 Å². The first kappa shape index (κ1) is 24.2. The molecule has 174 valence electrons. The van der Waals surface area contributed by atoms with E-state index in [1.54, 1.807) is 20.8 Å². The van der Waals surface area contributed by atoms with Gasteiger partial charge < -0.3 is 24.4 Å². The first-order chi connectivity index (χ1) is 15.3. The van der Waals surface area contributed by atoms with Gasteiger partial charge in [-0.15, -0.1) is 0 Å². The van der Waals surface area contributed by atoms with Crippen molar-refractivity contribution in [2.75, 3.05) is 13.2 Å². The summed E-state index contributed by atoms with van der Waals surface area (Å²) >= 11 is 0. The topological polar surface area (TPSA) is 88.5 Å². The molecule has 0 aromatic heterocycles. The van der Waals surface area contributed by atoms with Crippen LogP contribution in [0.25, 0.3) is 0 Å². The summed E-state index contributed by atoms with van der Waals surface area (Å²) in [5.74, 6) is 0. The lowest BCUT2D eigenvalue weighted by molar-refractivity contribution is -0.0235. The number of likely N-dealkylation sites (tertiary alicyclic amines) is 1. The van der Waals surface area contributed by atoms with Crippen LogP contribution in [0.15, 0.2) is 60.7 Å². The third-order valence-electron chi connectivity index (χ3n) is 5.26. The zero-order valence-electron chi connectivity index (χ0n) is 18.9. The smallest absolute Gasteiger partial charge is 0.411 e. The number of nitrogens with zero attached hydrogens (tertiary/aromatic N) is 1. The third kappa shape index (κ3) is 6.53. The lowest BCUT2D eigenvalue weighted by Crippen LogP contribution is -2.49. The molecule has 1 amide bonds. The quantitative estimate of drug-likeness (QED) is 0.652. The fourth-order valence-corrected chi connectivity index (χ4v) is 3.72. The third-order valence-corrected chi connectivity index (χ3v) is 5.26. The summed E-state index contributed by atoms with van der Waals surface area (Å²) in [6, 6.07) is 17.7. The van der Waals surface area contributed by atoms with Gasteiger partial charge in [-0.3, -0.25) is 4.90 Å². The SMILES string of the molecule is CC(C)(C)OC(=O)N1[C@H](COCc2ccccc2)[C@@H](O)[C@H](O)[C@H]1COCc1ccccc1. The van der Waals surface area contributed by atoms with Crippen LogP contribution in [0.2, 0.25) is 0 Å². The minimum atomic E-state index is -1.18. The van der Waals surface area contributed by atoms with E-state index in [1.165, 1.54) is 4.90 Å². The zero-order chi connectivity index (χ0) is 23.1. The van der Waals surface area contributed by atoms with Crippen LogP contribution in [0.1, 0.15) is 31.9 Å². The van der Waals surface area contributed by atoms with Crippen LogP contribution in [0.4, 0.5) is 4.79 Å². The highest BCUT2D eigenvalue weighted by molar-refractivity contribution is 5.70. The number of benzene rings is 2. The average molecular weight is 444 g/mol. The van der Waals surface area contributed by atoms with Gasteiger partial charge in [-0.25, -0.2) is 4.79 Å². The molecule has 4 atom stereocenters. The Hall–Kier alpha value is -2.45. The molecule has 1 aliphatic heterocycles. The fraction of sp³-hybridized carbons (Fsp3) is 0.480. The van der Waals surface area contributed by atoms with E-state index in [9.17, 15) is 15.0 Å². The maximum atomic E-state index is 13.0. The second kappa shape index (κ2) is 10.9. The highest BCUT2D eigenvalue weighted by atomic mass is 16.6. The Kier molecular flexibility index (Phi) is 8.26. The van der Waals surface area contributed by atoms with Crippen molar-refractivity contribution in [1.82, 2.24) is 4.90 Å². The van der Waals surface area contributed by atoms with Crippen LogP contribution in [-0.2, 0) is 27.4 Å². The summed E-state index contributed by atoms with van der Waals surface area (Å²) in [4.78, 5) is 14.4. The molecule has 2 aromatic rings. The van der Waals surface area contributed by atoms with Crippen molar-refractivity contribution >= 4 is 6.09 Å². The van der Waals surface area contributed by atoms with Crippen LogP contribution in [0.5, 0.6) is 0 Å². The number of carbonyl (C=O) groups is 1. The summed E-state index contributed by atoms with van der Waals surface area (Å²) in [5.41, 5.74) is 1.24. The van der Waals surface area contributed by atoms with Crippen molar-refractivity contribution in [2.24, 2.45) is 0 Å². The Morgan fingerprint density at radius 2 is 1.22 bits per heavy atom. The van der Waals surface area contributed by atoms with Gasteiger partial charge in [-0.2, -0.15) is 0 Å². The van der Waals surface area contributed by atoms with E-state index in [0.29, 0.717) is 13.2 Å².